The maximum absolute atomic E-state index is 6.39. The molecule has 0 saturated heterocycles. The number of fused-ring (bicyclic) bond motifs is 3. The van der Waals surface area contributed by atoms with Crippen molar-refractivity contribution < 1.29 is 25.8 Å². The molecule has 0 amide bonds. The molecule has 0 bridgehead atoms. The van der Waals surface area contributed by atoms with Gasteiger partial charge in [0.1, 0.15) is 5.82 Å². The number of benzene rings is 4. The average Bonchev–Trinajstić information content (AvgIpc) is 3.64. The van der Waals surface area contributed by atoms with Gasteiger partial charge < -0.3 is 9.30 Å². The second kappa shape index (κ2) is 13.0. The molecule has 6 heteroatoms. The van der Waals surface area contributed by atoms with E-state index in [1.807, 2.05) is 47.4 Å². The molecule has 238 valence electrons. The van der Waals surface area contributed by atoms with E-state index in [0.29, 0.717) is 23.3 Å². The van der Waals surface area contributed by atoms with Crippen molar-refractivity contribution in [1.29, 1.82) is 0 Å². The molecular weight excluding hydrogens is 760 g/mol. The minimum Gasteiger partial charge on any atom is -0.509 e. The summed E-state index contributed by atoms with van der Waals surface area (Å²) >= 11 is 0. The van der Waals surface area contributed by atoms with Crippen molar-refractivity contribution in [3.8, 4) is 34.1 Å². The minimum absolute atomic E-state index is 0. The van der Waals surface area contributed by atoms with Gasteiger partial charge in [-0.25, -0.2) is 4.98 Å². The van der Waals surface area contributed by atoms with Gasteiger partial charge in [0.15, 0.2) is 0 Å². The molecular formula is C41H38N4OPt. The molecule has 4 aromatic carbocycles. The fourth-order valence-electron chi connectivity index (χ4n) is 6.73. The zero-order valence-corrected chi connectivity index (χ0v) is 30.1. The third kappa shape index (κ3) is 5.94. The largest absolute Gasteiger partial charge is 2.00 e. The van der Waals surface area contributed by atoms with E-state index in [-0.39, 0.29) is 21.1 Å². The van der Waals surface area contributed by atoms with E-state index in [9.17, 15) is 0 Å². The summed E-state index contributed by atoms with van der Waals surface area (Å²) in [5, 5.41) is 7.02. The Morgan fingerprint density at radius 2 is 1.47 bits per heavy atom. The van der Waals surface area contributed by atoms with Crippen LogP contribution in [0.15, 0.2) is 91.4 Å². The summed E-state index contributed by atoms with van der Waals surface area (Å²) in [5.74, 6) is 2.95. The average molecular weight is 798 g/mol. The molecule has 3 aromatic heterocycles. The molecule has 0 aliphatic carbocycles. The molecule has 0 N–H and O–H groups in total. The molecule has 3 heterocycles. The maximum Gasteiger partial charge on any atom is 2.00 e. The smallest absolute Gasteiger partial charge is 0.509 e. The molecule has 7 rings (SSSR count). The molecule has 0 unspecified atom stereocenters. The Balaban J connectivity index is 0.00000386. The van der Waals surface area contributed by atoms with Crippen molar-refractivity contribution in [3.63, 3.8) is 0 Å². The third-order valence-electron chi connectivity index (χ3n) is 8.95. The van der Waals surface area contributed by atoms with Crippen LogP contribution in [0.1, 0.15) is 67.3 Å². The molecule has 47 heavy (non-hydrogen) atoms. The van der Waals surface area contributed by atoms with Crippen molar-refractivity contribution in [1.82, 2.24) is 19.3 Å². The fourth-order valence-corrected chi connectivity index (χ4v) is 6.73. The summed E-state index contributed by atoms with van der Waals surface area (Å²) in [5.41, 5.74) is 11.8. The van der Waals surface area contributed by atoms with Crippen molar-refractivity contribution in [2.24, 2.45) is 0 Å². The topological polar surface area (TPSA) is 44.9 Å². The van der Waals surface area contributed by atoms with Crippen LogP contribution in [0.25, 0.3) is 44.4 Å². The number of nitrogens with zero attached hydrogens (tertiary/aromatic N) is 4. The summed E-state index contributed by atoms with van der Waals surface area (Å²) in [7, 11) is 0. The van der Waals surface area contributed by atoms with E-state index in [0.717, 1.165) is 44.4 Å². The van der Waals surface area contributed by atoms with Gasteiger partial charge >= 0.3 is 21.1 Å². The van der Waals surface area contributed by atoms with Gasteiger partial charge in [-0.3, -0.25) is 4.68 Å². The van der Waals surface area contributed by atoms with E-state index >= 15 is 0 Å². The van der Waals surface area contributed by atoms with Gasteiger partial charge in [-0.1, -0.05) is 57.5 Å². The van der Waals surface area contributed by atoms with Gasteiger partial charge in [-0.15, -0.1) is 35.7 Å². The van der Waals surface area contributed by atoms with Gasteiger partial charge in [0, 0.05) is 35.0 Å². The summed E-state index contributed by atoms with van der Waals surface area (Å²) < 4.78 is 10.4. The second-order valence-electron chi connectivity index (χ2n) is 12.8. The first-order valence-electron chi connectivity index (χ1n) is 16.0. The number of pyridine rings is 1. The van der Waals surface area contributed by atoms with Crippen LogP contribution in [0, 0.1) is 32.9 Å². The van der Waals surface area contributed by atoms with Crippen LogP contribution in [-0.4, -0.2) is 19.3 Å². The molecule has 0 aliphatic heterocycles. The van der Waals surface area contributed by atoms with Crippen molar-refractivity contribution in [2.45, 2.75) is 60.3 Å². The summed E-state index contributed by atoms with van der Waals surface area (Å²) in [6.07, 6.45) is 5.91. The van der Waals surface area contributed by atoms with E-state index in [1.54, 1.807) is 0 Å². The van der Waals surface area contributed by atoms with E-state index in [1.165, 1.54) is 27.8 Å². The zero-order chi connectivity index (χ0) is 32.1. The molecule has 0 saturated carbocycles. The van der Waals surface area contributed by atoms with Gasteiger partial charge in [0.25, 0.3) is 0 Å². The first kappa shape index (κ1) is 32.5. The molecule has 0 aliphatic rings. The Hall–Kier alpha value is -4.47. The van der Waals surface area contributed by atoms with Crippen LogP contribution in [-0.2, 0) is 21.1 Å². The third-order valence-corrected chi connectivity index (χ3v) is 8.95. The number of hydrogen-bond acceptors (Lipinski definition) is 3. The Bertz CT molecular complexity index is 2210. The van der Waals surface area contributed by atoms with Crippen LogP contribution in [0.3, 0.4) is 0 Å². The first-order valence-corrected chi connectivity index (χ1v) is 16.0. The van der Waals surface area contributed by atoms with Gasteiger partial charge in [0.2, 0.25) is 0 Å². The zero-order valence-electron chi connectivity index (χ0n) is 27.8. The first-order chi connectivity index (χ1) is 22.2. The quantitative estimate of drug-likeness (QED) is 0.151. The second-order valence-corrected chi connectivity index (χ2v) is 12.8. The van der Waals surface area contributed by atoms with Crippen LogP contribution in [0.2, 0.25) is 0 Å². The number of ether oxygens (including phenoxy) is 1. The standard InChI is InChI=1S/C41H38N4O.Pt/c1-25(2)36-22-37(26(3)4)29(7)41(28(36)6)30-23-43-44(24-30)31-11-10-12-32(20-31)46-33-15-16-35-34-13-8-9-14-38(34)45(39(35)21-33)40-19-27(5)17-18-42-40;/h8-19,22-26H,1-7H3;/q-2;+2. The molecule has 5 nitrogen and oxygen atoms in total. The monoisotopic (exact) mass is 797 g/mol. The van der Waals surface area contributed by atoms with Crippen molar-refractivity contribution in [3.05, 3.63) is 131 Å². The number of hydrogen-bond donors (Lipinski definition) is 0. The predicted octanol–water partition coefficient (Wildman–Crippen LogP) is 10.6. The van der Waals surface area contributed by atoms with E-state index in [4.69, 9.17) is 9.84 Å². The number of rotatable bonds is 7. The minimum atomic E-state index is 0. The van der Waals surface area contributed by atoms with Crippen LogP contribution in [0.5, 0.6) is 11.5 Å². The summed E-state index contributed by atoms with van der Waals surface area (Å²) in [4.78, 5) is 4.69. The normalized spacial score (nSPS) is 11.5. The molecule has 7 aromatic rings. The van der Waals surface area contributed by atoms with Crippen molar-refractivity contribution >= 4 is 21.8 Å². The van der Waals surface area contributed by atoms with Gasteiger partial charge in [-0.05, 0) is 95.3 Å². The van der Waals surface area contributed by atoms with Crippen molar-refractivity contribution in [2.75, 3.05) is 0 Å². The van der Waals surface area contributed by atoms with E-state index in [2.05, 4.69) is 119 Å². The SMILES string of the molecule is Cc1ccnc(-n2c3[c-]c(Oc4[c-]c(-n5cc(-c6c(C)c(C(C)C)cc(C(C)C)c6C)cn5)ccc4)ccc3c3ccccc32)c1.[Pt+2]. The van der Waals surface area contributed by atoms with E-state index < -0.39 is 0 Å². The Morgan fingerprint density at radius 3 is 2.19 bits per heavy atom. The fraction of sp³-hybridized carbons (Fsp3) is 0.220. The number of aromatic nitrogens is 4. The molecule has 0 atom stereocenters. The van der Waals surface area contributed by atoms with Gasteiger partial charge in [-0.2, -0.15) is 17.2 Å². The van der Waals surface area contributed by atoms with Crippen LogP contribution < -0.4 is 4.74 Å². The Kier molecular flexibility index (Phi) is 8.96. The Morgan fingerprint density at radius 1 is 0.745 bits per heavy atom. The van der Waals surface area contributed by atoms with Crippen LogP contribution >= 0.6 is 0 Å². The summed E-state index contributed by atoms with van der Waals surface area (Å²) in [6, 6.07) is 31.8. The molecule has 0 fully saturated rings. The Labute approximate surface area is 291 Å². The van der Waals surface area contributed by atoms with Crippen LogP contribution in [0.4, 0.5) is 0 Å². The number of para-hydroxylation sites is 1. The predicted molar refractivity (Wildman–Crippen MR) is 188 cm³/mol. The number of aryl methyl sites for hydroxylation is 1. The summed E-state index contributed by atoms with van der Waals surface area (Å²) in [6.45, 7) is 15.6. The molecule has 0 radical (unpaired) electrons. The molecule has 0 spiro atoms. The van der Waals surface area contributed by atoms with Gasteiger partial charge in [0.05, 0.1) is 6.20 Å². The maximum atomic E-state index is 6.39.